The van der Waals surface area contributed by atoms with E-state index in [1.165, 1.54) is 11.3 Å². The second kappa shape index (κ2) is 7.16. The van der Waals surface area contributed by atoms with Gasteiger partial charge in [-0.1, -0.05) is 6.92 Å². The summed E-state index contributed by atoms with van der Waals surface area (Å²) >= 11 is 0. The number of anilines is 1. The van der Waals surface area contributed by atoms with Gasteiger partial charge in [-0.15, -0.1) is 0 Å². The Morgan fingerprint density at radius 1 is 1.38 bits per heavy atom. The molecule has 1 heterocycles. The molecule has 1 aromatic carbocycles. The van der Waals surface area contributed by atoms with Crippen molar-refractivity contribution < 1.29 is 14.3 Å². The summed E-state index contributed by atoms with van der Waals surface area (Å²) in [6, 6.07) is 6.33. The second-order valence-electron chi connectivity index (χ2n) is 5.28. The summed E-state index contributed by atoms with van der Waals surface area (Å²) in [6.07, 6.45) is 2.63. The third kappa shape index (κ3) is 3.57. The van der Waals surface area contributed by atoms with Crippen LogP contribution in [0, 0.1) is 5.92 Å². The van der Waals surface area contributed by atoms with Crippen LogP contribution in [0.25, 0.3) is 0 Å². The van der Waals surface area contributed by atoms with Crippen LogP contribution in [0.1, 0.15) is 26.3 Å². The average Bonchev–Trinajstić information content (AvgIpc) is 2.53. The van der Waals surface area contributed by atoms with Crippen molar-refractivity contribution in [2.45, 2.75) is 27.2 Å². The fourth-order valence-electron chi connectivity index (χ4n) is 2.59. The molecule has 0 fully saturated rings. The number of ether oxygens (including phenoxy) is 2. The first-order valence-electron chi connectivity index (χ1n) is 7.48. The van der Waals surface area contributed by atoms with Gasteiger partial charge in [-0.3, -0.25) is 4.79 Å². The molecule has 21 heavy (non-hydrogen) atoms. The molecule has 1 atom stereocenters. The van der Waals surface area contributed by atoms with Gasteiger partial charge in [-0.25, -0.2) is 0 Å². The average molecular weight is 289 g/mol. The molecule has 0 saturated heterocycles. The van der Waals surface area contributed by atoms with E-state index >= 15 is 0 Å². The molecular weight excluding hydrogens is 266 g/mol. The molecule has 2 rings (SSSR count). The minimum atomic E-state index is 0.167. The quantitative estimate of drug-likeness (QED) is 0.723. The molecule has 4 heteroatoms. The van der Waals surface area contributed by atoms with Gasteiger partial charge in [0.2, 0.25) is 0 Å². The molecule has 0 saturated carbocycles. The largest absolute Gasteiger partial charge is 0.467 e. The molecule has 1 aliphatic heterocycles. The number of carbonyl (C=O) groups excluding carboxylic acids is 1. The van der Waals surface area contributed by atoms with Gasteiger partial charge in [0.15, 0.2) is 0 Å². The fraction of sp³-hybridized carbons (Fsp3) is 0.471. The van der Waals surface area contributed by atoms with E-state index < -0.39 is 0 Å². The van der Waals surface area contributed by atoms with Crippen LogP contribution in [0.15, 0.2) is 30.0 Å². The Morgan fingerprint density at radius 2 is 2.14 bits per heavy atom. The molecule has 0 aliphatic carbocycles. The van der Waals surface area contributed by atoms with Crippen molar-refractivity contribution in [2.24, 2.45) is 5.92 Å². The van der Waals surface area contributed by atoms with Crippen LogP contribution >= 0.6 is 0 Å². The van der Waals surface area contributed by atoms with Crippen molar-refractivity contribution in [3.05, 3.63) is 35.6 Å². The first-order valence-corrected chi connectivity index (χ1v) is 7.48. The number of nitrogens with zero attached hydrogens (tertiary/aromatic N) is 1. The maximum atomic E-state index is 10.3. The highest BCUT2D eigenvalue weighted by Gasteiger charge is 2.19. The minimum Gasteiger partial charge on any atom is -0.467 e. The Labute approximate surface area is 126 Å². The number of fused-ring (bicyclic) bond motifs is 1. The van der Waals surface area contributed by atoms with Gasteiger partial charge in [0.1, 0.15) is 5.75 Å². The van der Waals surface area contributed by atoms with Crippen LogP contribution < -0.4 is 9.64 Å². The van der Waals surface area contributed by atoms with E-state index in [0.717, 1.165) is 30.8 Å². The van der Waals surface area contributed by atoms with Crippen LogP contribution in [0.5, 0.6) is 5.75 Å². The van der Waals surface area contributed by atoms with E-state index in [9.17, 15) is 4.79 Å². The van der Waals surface area contributed by atoms with Gasteiger partial charge >= 0.3 is 0 Å². The summed E-state index contributed by atoms with van der Waals surface area (Å²) in [5.74, 6) is 1.08. The maximum Gasteiger partial charge on any atom is 0.293 e. The predicted molar refractivity (Wildman–Crippen MR) is 83.6 cm³/mol. The first-order chi connectivity index (χ1) is 10.2. The van der Waals surface area contributed by atoms with Crippen LogP contribution in [0.3, 0.4) is 0 Å². The van der Waals surface area contributed by atoms with Crippen LogP contribution in [0.4, 0.5) is 5.69 Å². The number of carbonyl (C=O) groups is 1. The van der Waals surface area contributed by atoms with Crippen LogP contribution in [-0.2, 0) is 16.0 Å². The summed E-state index contributed by atoms with van der Waals surface area (Å²) in [4.78, 5) is 12.6. The van der Waals surface area contributed by atoms with E-state index in [0.29, 0.717) is 13.1 Å². The molecule has 0 N–H and O–H groups in total. The zero-order chi connectivity index (χ0) is 15.2. The van der Waals surface area contributed by atoms with E-state index in [1.807, 2.05) is 13.0 Å². The Morgan fingerprint density at radius 3 is 2.81 bits per heavy atom. The number of hydrogen-bond acceptors (Lipinski definition) is 4. The van der Waals surface area contributed by atoms with Gasteiger partial charge in [-0.2, -0.15) is 0 Å². The Hall–Kier alpha value is -1.97. The van der Waals surface area contributed by atoms with Gasteiger partial charge in [0.05, 0.1) is 12.9 Å². The van der Waals surface area contributed by atoms with Crippen molar-refractivity contribution in [3.8, 4) is 5.75 Å². The summed E-state index contributed by atoms with van der Waals surface area (Å²) in [6.45, 7) is 9.22. The zero-order valence-electron chi connectivity index (χ0n) is 13.0. The van der Waals surface area contributed by atoms with Crippen molar-refractivity contribution >= 4 is 12.2 Å². The molecule has 1 aliphatic rings. The topological polar surface area (TPSA) is 38.8 Å². The molecule has 4 nitrogen and oxygen atoms in total. The van der Waals surface area contributed by atoms with Crippen molar-refractivity contribution in [1.82, 2.24) is 0 Å². The minimum absolute atomic E-state index is 0.167. The highest BCUT2D eigenvalue weighted by Crippen LogP contribution is 2.32. The molecular formula is C17H23NO3. The molecule has 1 unspecified atom stereocenters. The van der Waals surface area contributed by atoms with Gasteiger partial charge in [-0.05, 0) is 37.6 Å². The highest BCUT2D eigenvalue weighted by molar-refractivity contribution is 5.55. The molecule has 0 spiro atoms. The standard InChI is InChI=1S/C17H23NO3/c1-4-18(5-2)16-6-7-17-14(9-16)8-15(11-21-17)13(3)10-20-12-19/h6-7,9,11-13H,4-5,8,10H2,1-3H3. The second-order valence-corrected chi connectivity index (χ2v) is 5.28. The Kier molecular flexibility index (Phi) is 5.26. The van der Waals surface area contributed by atoms with Crippen molar-refractivity contribution in [2.75, 3.05) is 24.6 Å². The number of benzene rings is 1. The monoisotopic (exact) mass is 289 g/mol. The zero-order valence-corrected chi connectivity index (χ0v) is 13.0. The maximum absolute atomic E-state index is 10.3. The molecule has 1 aromatic rings. The lowest BCUT2D eigenvalue weighted by Crippen LogP contribution is -2.22. The molecule has 0 radical (unpaired) electrons. The molecule has 0 bridgehead atoms. The fourth-order valence-corrected chi connectivity index (χ4v) is 2.59. The Bertz CT molecular complexity index is 521. The van der Waals surface area contributed by atoms with Crippen molar-refractivity contribution in [3.63, 3.8) is 0 Å². The van der Waals surface area contributed by atoms with Crippen LogP contribution in [-0.4, -0.2) is 26.2 Å². The predicted octanol–water partition coefficient (Wildman–Crippen LogP) is 3.16. The molecule has 0 aromatic heterocycles. The van der Waals surface area contributed by atoms with E-state index in [-0.39, 0.29) is 5.92 Å². The summed E-state index contributed by atoms with van der Waals surface area (Å²) < 4.78 is 10.6. The third-order valence-electron chi connectivity index (χ3n) is 3.95. The third-order valence-corrected chi connectivity index (χ3v) is 3.95. The van der Waals surface area contributed by atoms with E-state index in [4.69, 9.17) is 9.47 Å². The number of rotatable bonds is 7. The normalized spacial score (nSPS) is 14.5. The highest BCUT2D eigenvalue weighted by atomic mass is 16.5. The summed E-state index contributed by atoms with van der Waals surface area (Å²) in [5, 5.41) is 0. The molecule has 114 valence electrons. The smallest absolute Gasteiger partial charge is 0.293 e. The lowest BCUT2D eigenvalue weighted by Gasteiger charge is -2.25. The van der Waals surface area contributed by atoms with Crippen molar-refractivity contribution in [1.29, 1.82) is 0 Å². The lowest BCUT2D eigenvalue weighted by atomic mass is 9.94. The summed E-state index contributed by atoms with van der Waals surface area (Å²) in [5.41, 5.74) is 3.57. The van der Waals surface area contributed by atoms with E-state index in [1.54, 1.807) is 6.26 Å². The number of hydrogen-bond donors (Lipinski definition) is 0. The SMILES string of the molecule is CCN(CC)c1ccc2c(c1)CC(C(C)COC=O)=CO2. The molecule has 0 amide bonds. The van der Waals surface area contributed by atoms with Gasteiger partial charge in [0, 0.05) is 36.7 Å². The van der Waals surface area contributed by atoms with E-state index in [2.05, 4.69) is 30.9 Å². The van der Waals surface area contributed by atoms with Crippen LogP contribution in [0.2, 0.25) is 0 Å². The Balaban J connectivity index is 2.14. The summed E-state index contributed by atoms with van der Waals surface area (Å²) in [7, 11) is 0. The van der Waals surface area contributed by atoms with Gasteiger partial charge in [0.25, 0.3) is 6.47 Å². The van der Waals surface area contributed by atoms with Gasteiger partial charge < -0.3 is 14.4 Å². The lowest BCUT2D eigenvalue weighted by molar-refractivity contribution is -0.129. The first kappa shape index (κ1) is 15.4.